The number of carbonyl (C=O) groups is 1. The van der Waals surface area contributed by atoms with Gasteiger partial charge in [0, 0.05) is 31.1 Å². The lowest BCUT2D eigenvalue weighted by Crippen LogP contribution is -2.54. The van der Waals surface area contributed by atoms with Gasteiger partial charge in [0.15, 0.2) is 11.6 Å². The summed E-state index contributed by atoms with van der Waals surface area (Å²) in [5.74, 6) is 1.31. The fourth-order valence-corrected chi connectivity index (χ4v) is 4.54. The summed E-state index contributed by atoms with van der Waals surface area (Å²) in [6.45, 7) is 5.70. The van der Waals surface area contributed by atoms with Gasteiger partial charge in [0.2, 0.25) is 5.91 Å². The van der Waals surface area contributed by atoms with E-state index in [1.165, 1.54) is 25.2 Å². The molecule has 0 bridgehead atoms. The van der Waals surface area contributed by atoms with Crippen molar-refractivity contribution in [2.75, 3.05) is 16.8 Å². The minimum Gasteiger partial charge on any atom is -0.404 e. The molecule has 31 heavy (non-hydrogen) atoms. The number of hydrogen-bond donors (Lipinski definition) is 1. The number of fused-ring (bicyclic) bond motifs is 1. The molecule has 160 valence electrons. The lowest BCUT2D eigenvalue weighted by Gasteiger charge is -2.42. The van der Waals surface area contributed by atoms with Gasteiger partial charge in [-0.1, -0.05) is 49.8 Å². The maximum atomic E-state index is 12.9. The molecule has 0 radical (unpaired) electrons. The molecule has 2 heterocycles. The number of nitrogens with zero attached hydrogens (tertiary/aromatic N) is 5. The van der Waals surface area contributed by atoms with Crippen LogP contribution in [0.3, 0.4) is 0 Å². The number of aromatic nitrogens is 2. The van der Waals surface area contributed by atoms with Gasteiger partial charge in [0.1, 0.15) is 11.7 Å². The molecule has 2 N–H and O–H groups in total. The number of carbonyl (C=O) groups excluding carboxylic acids is 1. The van der Waals surface area contributed by atoms with E-state index in [9.17, 15) is 4.79 Å². The number of amides is 1. The van der Waals surface area contributed by atoms with Crippen LogP contribution in [0.5, 0.6) is 0 Å². The van der Waals surface area contributed by atoms with E-state index in [0.717, 1.165) is 29.9 Å². The highest BCUT2D eigenvalue weighted by Crippen LogP contribution is 2.39. The number of hydrogen-bond acceptors (Lipinski definition) is 6. The molecule has 2 aliphatic rings. The van der Waals surface area contributed by atoms with Gasteiger partial charge in [-0.25, -0.2) is 9.97 Å². The molecule has 1 fully saturated rings. The topological polar surface area (TPSA) is 87.7 Å². The largest absolute Gasteiger partial charge is 0.404 e. The van der Waals surface area contributed by atoms with E-state index in [0.29, 0.717) is 23.2 Å². The van der Waals surface area contributed by atoms with Crippen molar-refractivity contribution in [2.24, 2.45) is 10.7 Å². The Bertz CT molecular complexity index is 1040. The molecule has 7 nitrogen and oxygen atoms in total. The lowest BCUT2D eigenvalue weighted by molar-refractivity contribution is -0.119. The van der Waals surface area contributed by atoms with Gasteiger partial charge in [0.05, 0.1) is 17.5 Å². The molecule has 1 aromatic heterocycles. The van der Waals surface area contributed by atoms with E-state index in [-0.39, 0.29) is 11.9 Å². The van der Waals surface area contributed by atoms with Gasteiger partial charge in [0.25, 0.3) is 0 Å². The highest BCUT2D eigenvalue weighted by atomic mass is 16.2. The van der Waals surface area contributed by atoms with Gasteiger partial charge in [-0.05, 0) is 19.8 Å². The number of rotatable bonds is 5. The molecule has 4 rings (SSSR count). The first-order valence-electron chi connectivity index (χ1n) is 10.7. The van der Waals surface area contributed by atoms with E-state index in [2.05, 4.69) is 21.5 Å². The number of anilines is 2. The third kappa shape index (κ3) is 3.71. The van der Waals surface area contributed by atoms with E-state index in [1.54, 1.807) is 18.1 Å². The summed E-state index contributed by atoms with van der Waals surface area (Å²) in [5.41, 5.74) is 8.93. The van der Waals surface area contributed by atoms with E-state index >= 15 is 0 Å². The summed E-state index contributed by atoms with van der Waals surface area (Å²) >= 11 is 0. The molecule has 2 aromatic rings. The average molecular weight is 417 g/mol. The molecule has 0 unspecified atom stereocenters. The van der Waals surface area contributed by atoms with Gasteiger partial charge >= 0.3 is 0 Å². The van der Waals surface area contributed by atoms with Crippen molar-refractivity contribution < 1.29 is 4.79 Å². The maximum absolute atomic E-state index is 12.9. The highest BCUT2D eigenvalue weighted by Gasteiger charge is 2.39. The molecule has 0 spiro atoms. The molecular weight excluding hydrogens is 388 g/mol. The Morgan fingerprint density at radius 2 is 1.97 bits per heavy atom. The van der Waals surface area contributed by atoms with Crippen LogP contribution in [0.25, 0.3) is 5.57 Å². The van der Waals surface area contributed by atoms with Crippen molar-refractivity contribution in [3.63, 3.8) is 0 Å². The first kappa shape index (κ1) is 20.8. The first-order chi connectivity index (χ1) is 15.1. The third-order valence-electron chi connectivity index (χ3n) is 6.11. The predicted octanol–water partition coefficient (Wildman–Crippen LogP) is 3.52. The summed E-state index contributed by atoms with van der Waals surface area (Å²) in [5, 5.41) is 0. The summed E-state index contributed by atoms with van der Waals surface area (Å²) in [7, 11) is 1.78. The van der Waals surface area contributed by atoms with Gasteiger partial charge in [-0.15, -0.1) is 0 Å². The first-order valence-corrected chi connectivity index (χ1v) is 10.7. The van der Waals surface area contributed by atoms with Crippen molar-refractivity contribution in [1.29, 1.82) is 0 Å². The normalized spacial score (nSPS) is 20.2. The zero-order valence-corrected chi connectivity index (χ0v) is 18.0. The average Bonchev–Trinajstić information content (AvgIpc) is 3.32. The van der Waals surface area contributed by atoms with Crippen molar-refractivity contribution in [3.05, 3.63) is 66.9 Å². The standard InChI is InChI=1S/C24H28N6O/c1-4-26-21(17-10-6-5-7-11-17)19(14-25)22-27-15-20-23(28-22)30(18-12-8-9-13-18)16(2)24(31)29(20)3/h4-7,10-11,14-16,18H,1,8-9,12-13,25H2,2-3H3/b19-14+,26-21-/t16-/m1/s1. The maximum Gasteiger partial charge on any atom is 0.249 e. The SMILES string of the molecule is C=C/N=C(\C(=C/N)c1ncc2c(n1)N(C1CCCC1)[C@H](C)C(=O)N2C)c1ccccc1. The molecule has 1 saturated carbocycles. The van der Waals surface area contributed by atoms with Crippen LogP contribution < -0.4 is 15.5 Å². The van der Waals surface area contributed by atoms with Crippen molar-refractivity contribution in [1.82, 2.24) is 9.97 Å². The molecule has 1 aromatic carbocycles. The van der Waals surface area contributed by atoms with Crippen LogP contribution in [0, 0.1) is 0 Å². The number of aliphatic imine (C=N–C) groups is 1. The number of allylic oxidation sites excluding steroid dienone is 1. The monoisotopic (exact) mass is 416 g/mol. The Morgan fingerprint density at radius 1 is 1.26 bits per heavy atom. The molecule has 1 aliphatic heterocycles. The molecule has 1 atom stereocenters. The van der Waals surface area contributed by atoms with Crippen LogP contribution in [0.15, 0.2) is 60.5 Å². The van der Waals surface area contributed by atoms with Crippen molar-refractivity contribution in [3.8, 4) is 0 Å². The summed E-state index contributed by atoms with van der Waals surface area (Å²) < 4.78 is 0. The second-order valence-electron chi connectivity index (χ2n) is 7.93. The highest BCUT2D eigenvalue weighted by molar-refractivity contribution is 6.31. The minimum atomic E-state index is -0.274. The van der Waals surface area contributed by atoms with Crippen LogP contribution in [-0.4, -0.2) is 40.7 Å². The zero-order valence-electron chi connectivity index (χ0n) is 18.0. The fraction of sp³-hybridized carbons (Fsp3) is 0.333. The Labute approximate surface area is 183 Å². The van der Waals surface area contributed by atoms with Crippen LogP contribution in [-0.2, 0) is 4.79 Å². The summed E-state index contributed by atoms with van der Waals surface area (Å²) in [6.07, 6.45) is 9.15. The molecule has 1 amide bonds. The zero-order chi connectivity index (χ0) is 22.0. The molecular formula is C24H28N6O. The van der Waals surface area contributed by atoms with Gasteiger partial charge in [-0.2, -0.15) is 0 Å². The Morgan fingerprint density at radius 3 is 2.61 bits per heavy atom. The van der Waals surface area contributed by atoms with E-state index in [4.69, 9.17) is 10.7 Å². The Balaban J connectivity index is 1.83. The molecule has 7 heteroatoms. The van der Waals surface area contributed by atoms with Crippen LogP contribution in [0.4, 0.5) is 11.5 Å². The van der Waals surface area contributed by atoms with Crippen LogP contribution in [0.1, 0.15) is 44.0 Å². The Hall–Kier alpha value is -3.48. The van der Waals surface area contributed by atoms with E-state index in [1.807, 2.05) is 37.3 Å². The van der Waals surface area contributed by atoms with Gasteiger partial charge in [-0.3, -0.25) is 9.79 Å². The summed E-state index contributed by atoms with van der Waals surface area (Å²) in [6, 6.07) is 9.79. The third-order valence-corrected chi connectivity index (χ3v) is 6.11. The van der Waals surface area contributed by atoms with Gasteiger partial charge < -0.3 is 15.5 Å². The number of benzene rings is 1. The number of likely N-dealkylation sites (N-methyl/N-ethyl adjacent to an activating group) is 1. The number of nitrogens with two attached hydrogens (primary N) is 1. The second kappa shape index (κ2) is 8.71. The van der Waals surface area contributed by atoms with Crippen molar-refractivity contribution in [2.45, 2.75) is 44.7 Å². The molecule has 0 saturated heterocycles. The fourth-order valence-electron chi connectivity index (χ4n) is 4.54. The quantitative estimate of drug-likeness (QED) is 0.754. The van der Waals surface area contributed by atoms with Crippen molar-refractivity contribution >= 4 is 28.7 Å². The predicted molar refractivity (Wildman–Crippen MR) is 125 cm³/mol. The second-order valence-corrected chi connectivity index (χ2v) is 7.93. The summed E-state index contributed by atoms with van der Waals surface area (Å²) in [4.78, 5) is 30.7. The van der Waals surface area contributed by atoms with Crippen LogP contribution in [0.2, 0.25) is 0 Å². The molecule has 1 aliphatic carbocycles. The minimum absolute atomic E-state index is 0.0588. The van der Waals surface area contributed by atoms with Crippen LogP contribution >= 0.6 is 0 Å². The smallest absolute Gasteiger partial charge is 0.249 e. The van der Waals surface area contributed by atoms with E-state index < -0.39 is 0 Å². The lowest BCUT2D eigenvalue weighted by atomic mass is 10.0. The Kier molecular flexibility index (Phi) is 5.84.